The minimum Gasteiger partial charge on any atom is -0.412 e. The summed E-state index contributed by atoms with van der Waals surface area (Å²) in [5, 5.41) is 0. The molecule has 3 heteroatoms. The molecular weight excluding hydrogens is 158 g/mol. The molecule has 0 spiro atoms. The van der Waals surface area contributed by atoms with E-state index in [2.05, 4.69) is 17.1 Å². The number of aromatic nitrogens is 1. The van der Waals surface area contributed by atoms with Crippen LogP contribution in [0.25, 0.3) is 6.08 Å². The molecule has 1 aliphatic rings. The summed E-state index contributed by atoms with van der Waals surface area (Å²) in [6.07, 6.45) is 6.89. The molecule has 58 valence electrons. The van der Waals surface area contributed by atoms with E-state index < -0.39 is 0 Å². The third-order valence-corrected chi connectivity index (χ3v) is 1.95. The third-order valence-electron chi connectivity index (χ3n) is 1.67. The smallest absolute Gasteiger partial charge is 0.0273 e. The minimum absolute atomic E-state index is 0. The molecule has 0 unspecified atom stereocenters. The maximum atomic E-state index is 5.04. The topological polar surface area (TPSA) is 47.3 Å². The zero-order chi connectivity index (χ0) is 6.97. The van der Waals surface area contributed by atoms with Crippen molar-refractivity contribution in [1.29, 1.82) is 0 Å². The molecule has 1 aromatic heterocycles. The monoisotopic (exact) mass is 167 g/mol. The molecule has 1 heterocycles. The first-order valence-electron chi connectivity index (χ1n) is 3.23. The van der Waals surface area contributed by atoms with E-state index in [1.165, 1.54) is 11.3 Å². The largest absolute Gasteiger partial charge is 0.412 e. The molecule has 0 aliphatic heterocycles. The van der Waals surface area contributed by atoms with E-state index in [9.17, 15) is 0 Å². The lowest BCUT2D eigenvalue weighted by Crippen LogP contribution is -2.01. The molecule has 3 N–H and O–H groups in total. The Labute approximate surface area is 70.2 Å². The quantitative estimate of drug-likeness (QED) is 0.578. The molecule has 0 radical (unpaired) electrons. The van der Waals surface area contributed by atoms with Gasteiger partial charge in [-0.25, -0.2) is 0 Å². The zero-order valence-electron chi connectivity index (χ0n) is 5.92. The Kier molecular flexibility index (Phi) is 2.22. The second kappa shape index (κ2) is 2.98. The van der Waals surface area contributed by atoms with Gasteiger partial charge in [-0.3, -0.25) is 0 Å². The zero-order valence-corrected chi connectivity index (χ0v) is 6.74. The predicted molar refractivity (Wildman–Crippen MR) is 49.7 cm³/mol. The normalized spacial score (nSPS) is 14.0. The lowest BCUT2D eigenvalue weighted by Gasteiger charge is -2.03. The van der Waals surface area contributed by atoms with E-state index in [-0.39, 0.29) is 5.48 Å². The van der Waals surface area contributed by atoms with Crippen molar-refractivity contribution >= 4 is 23.2 Å². The SMILES string of the molecule is O.S=C1C=Cc2cc[nH]c2C1. The van der Waals surface area contributed by atoms with Gasteiger partial charge < -0.3 is 10.5 Å². The molecule has 0 saturated carbocycles. The van der Waals surface area contributed by atoms with Crippen molar-refractivity contribution in [3.8, 4) is 0 Å². The van der Waals surface area contributed by atoms with E-state index in [0.717, 1.165) is 11.3 Å². The molecule has 2 nitrogen and oxygen atoms in total. The molecule has 0 saturated heterocycles. The van der Waals surface area contributed by atoms with Crippen LogP contribution in [0.1, 0.15) is 11.3 Å². The molecule has 0 aromatic carbocycles. The summed E-state index contributed by atoms with van der Waals surface area (Å²) >= 11 is 5.04. The molecule has 0 amide bonds. The molecule has 0 fully saturated rings. The first kappa shape index (κ1) is 8.17. The molecule has 11 heavy (non-hydrogen) atoms. The van der Waals surface area contributed by atoms with Gasteiger partial charge in [-0.15, -0.1) is 0 Å². The maximum absolute atomic E-state index is 5.04. The minimum atomic E-state index is 0. The van der Waals surface area contributed by atoms with Crippen LogP contribution in [0.4, 0.5) is 0 Å². The van der Waals surface area contributed by atoms with Gasteiger partial charge in [0.1, 0.15) is 0 Å². The van der Waals surface area contributed by atoms with Gasteiger partial charge in [0.2, 0.25) is 0 Å². The van der Waals surface area contributed by atoms with Gasteiger partial charge in [-0.1, -0.05) is 18.3 Å². The molecule has 2 rings (SSSR count). The molecule has 0 bridgehead atoms. The number of hydrogen-bond acceptors (Lipinski definition) is 1. The first-order valence-corrected chi connectivity index (χ1v) is 3.64. The van der Waals surface area contributed by atoms with Crippen molar-refractivity contribution in [2.24, 2.45) is 0 Å². The summed E-state index contributed by atoms with van der Waals surface area (Å²) in [4.78, 5) is 4.16. The second-order valence-corrected chi connectivity index (χ2v) is 2.91. The van der Waals surface area contributed by atoms with Crippen molar-refractivity contribution < 1.29 is 5.48 Å². The highest BCUT2D eigenvalue weighted by Gasteiger charge is 2.06. The van der Waals surface area contributed by atoms with E-state index in [1.54, 1.807) is 0 Å². The standard InChI is InChI=1S/C8H7NS.H2O/c10-7-2-1-6-3-4-9-8(6)5-7;/h1-4,9H,5H2;1H2. The van der Waals surface area contributed by atoms with Gasteiger partial charge in [0, 0.05) is 23.2 Å². The van der Waals surface area contributed by atoms with Crippen molar-refractivity contribution in [1.82, 2.24) is 4.98 Å². The van der Waals surface area contributed by atoms with Crippen LogP contribution in [0.5, 0.6) is 0 Å². The first-order chi connectivity index (χ1) is 4.86. The number of rotatable bonds is 0. The highest BCUT2D eigenvalue weighted by molar-refractivity contribution is 7.80. The second-order valence-electron chi connectivity index (χ2n) is 2.39. The highest BCUT2D eigenvalue weighted by Crippen LogP contribution is 2.15. The number of fused-ring (bicyclic) bond motifs is 1. The Balaban J connectivity index is 0.000000605. The van der Waals surface area contributed by atoms with Gasteiger partial charge in [0.25, 0.3) is 0 Å². The molecule has 0 atom stereocenters. The van der Waals surface area contributed by atoms with Gasteiger partial charge in [-0.2, -0.15) is 0 Å². The van der Waals surface area contributed by atoms with Crippen LogP contribution < -0.4 is 0 Å². The fourth-order valence-electron chi connectivity index (χ4n) is 1.14. The van der Waals surface area contributed by atoms with Crippen molar-refractivity contribution in [3.05, 3.63) is 29.6 Å². The summed E-state index contributed by atoms with van der Waals surface area (Å²) < 4.78 is 0. The van der Waals surface area contributed by atoms with Gasteiger partial charge in [0.15, 0.2) is 0 Å². The number of nitrogens with one attached hydrogen (secondary N) is 1. The Morgan fingerprint density at radius 1 is 1.36 bits per heavy atom. The number of allylic oxidation sites excluding steroid dienone is 1. The summed E-state index contributed by atoms with van der Waals surface area (Å²) in [6, 6.07) is 2.06. The lowest BCUT2D eigenvalue weighted by molar-refractivity contribution is 0.824. The predicted octanol–water partition coefficient (Wildman–Crippen LogP) is 1.13. The van der Waals surface area contributed by atoms with E-state index in [4.69, 9.17) is 12.2 Å². The van der Waals surface area contributed by atoms with E-state index in [0.29, 0.717) is 0 Å². The maximum Gasteiger partial charge on any atom is 0.0273 e. The Morgan fingerprint density at radius 2 is 2.18 bits per heavy atom. The van der Waals surface area contributed by atoms with E-state index in [1.807, 2.05) is 12.3 Å². The fraction of sp³-hybridized carbons (Fsp3) is 0.125. The van der Waals surface area contributed by atoms with Crippen molar-refractivity contribution in [2.45, 2.75) is 6.42 Å². The number of thiocarbonyl (C=S) groups is 1. The van der Waals surface area contributed by atoms with Crippen LogP contribution in [-0.2, 0) is 6.42 Å². The molecule has 1 aliphatic carbocycles. The van der Waals surface area contributed by atoms with Crippen LogP contribution in [0.2, 0.25) is 0 Å². The Bertz CT molecular complexity index is 301. The van der Waals surface area contributed by atoms with Gasteiger partial charge in [-0.05, 0) is 17.7 Å². The number of hydrogen-bond donors (Lipinski definition) is 1. The van der Waals surface area contributed by atoms with Gasteiger partial charge in [0.05, 0.1) is 0 Å². The lowest BCUT2D eigenvalue weighted by atomic mass is 10.1. The molecular formula is C8H9NOS. The average molecular weight is 167 g/mol. The van der Waals surface area contributed by atoms with Crippen LogP contribution in [-0.4, -0.2) is 15.3 Å². The van der Waals surface area contributed by atoms with E-state index >= 15 is 0 Å². The Hall–Kier alpha value is -0.930. The highest BCUT2D eigenvalue weighted by atomic mass is 32.1. The fourth-order valence-corrected chi connectivity index (χ4v) is 1.35. The van der Waals surface area contributed by atoms with Crippen LogP contribution in [0, 0.1) is 0 Å². The summed E-state index contributed by atoms with van der Waals surface area (Å²) in [7, 11) is 0. The van der Waals surface area contributed by atoms with Crippen LogP contribution >= 0.6 is 12.2 Å². The van der Waals surface area contributed by atoms with Crippen LogP contribution in [0.3, 0.4) is 0 Å². The number of aromatic amines is 1. The van der Waals surface area contributed by atoms with Gasteiger partial charge >= 0.3 is 0 Å². The summed E-state index contributed by atoms with van der Waals surface area (Å²) in [6.45, 7) is 0. The Morgan fingerprint density at radius 3 is 3.00 bits per heavy atom. The molecule has 1 aromatic rings. The average Bonchev–Trinajstić information content (AvgIpc) is 2.33. The number of H-pyrrole nitrogens is 1. The summed E-state index contributed by atoms with van der Waals surface area (Å²) in [5.74, 6) is 0. The van der Waals surface area contributed by atoms with Crippen molar-refractivity contribution in [3.63, 3.8) is 0 Å². The van der Waals surface area contributed by atoms with Crippen LogP contribution in [0.15, 0.2) is 18.3 Å². The van der Waals surface area contributed by atoms with Crippen molar-refractivity contribution in [2.75, 3.05) is 0 Å². The third kappa shape index (κ3) is 1.39. The summed E-state index contributed by atoms with van der Waals surface area (Å²) in [5.41, 5.74) is 2.51.